The Morgan fingerprint density at radius 3 is 2.63 bits per heavy atom. The first-order valence-corrected chi connectivity index (χ1v) is 10.6. The summed E-state index contributed by atoms with van der Waals surface area (Å²) in [5.41, 5.74) is 1.04. The van der Waals surface area contributed by atoms with Gasteiger partial charge in [0, 0.05) is 31.9 Å². The molecular weight excluding hydrogens is 387 g/mol. The van der Waals surface area contributed by atoms with Gasteiger partial charge >= 0.3 is 0 Å². The highest BCUT2D eigenvalue weighted by atomic mass is 19.1. The van der Waals surface area contributed by atoms with E-state index in [2.05, 4.69) is 10.00 Å². The van der Waals surface area contributed by atoms with E-state index >= 15 is 0 Å². The van der Waals surface area contributed by atoms with Gasteiger partial charge in [-0.25, -0.2) is 4.39 Å². The number of rotatable bonds is 7. The number of nitrogens with zero attached hydrogens (tertiary/aromatic N) is 4. The highest BCUT2D eigenvalue weighted by molar-refractivity contribution is 5.78. The maximum absolute atomic E-state index is 13.0. The number of piperidine rings is 1. The summed E-state index contributed by atoms with van der Waals surface area (Å²) >= 11 is 0. The van der Waals surface area contributed by atoms with Crippen LogP contribution in [0.3, 0.4) is 0 Å². The Bertz CT molecular complexity index is 833. The zero-order valence-corrected chi connectivity index (χ0v) is 17.4. The zero-order chi connectivity index (χ0) is 20.9. The fourth-order valence-corrected chi connectivity index (χ4v) is 4.11. The molecule has 2 fully saturated rings. The maximum Gasteiger partial charge on any atom is 0.248 e. The molecule has 1 aromatic heterocycles. The number of amides is 1. The maximum atomic E-state index is 13.0. The second kappa shape index (κ2) is 9.57. The Morgan fingerprint density at radius 2 is 1.93 bits per heavy atom. The van der Waals surface area contributed by atoms with Gasteiger partial charge in [0.2, 0.25) is 5.91 Å². The lowest BCUT2D eigenvalue weighted by atomic mass is 10.0. The van der Waals surface area contributed by atoms with Crippen LogP contribution in [0.2, 0.25) is 0 Å². The van der Waals surface area contributed by atoms with Gasteiger partial charge in [0.05, 0.1) is 18.8 Å². The van der Waals surface area contributed by atoms with Crippen molar-refractivity contribution in [1.29, 1.82) is 0 Å². The third kappa shape index (κ3) is 5.37. The van der Waals surface area contributed by atoms with Crippen LogP contribution in [0.4, 0.5) is 4.39 Å². The summed E-state index contributed by atoms with van der Waals surface area (Å²) in [4.78, 5) is 16.8. The van der Waals surface area contributed by atoms with Crippen molar-refractivity contribution < 1.29 is 18.7 Å². The van der Waals surface area contributed by atoms with Crippen molar-refractivity contribution in [1.82, 2.24) is 19.6 Å². The number of aryl methyl sites for hydroxylation is 1. The van der Waals surface area contributed by atoms with Crippen LogP contribution in [0.5, 0.6) is 5.75 Å². The second-order valence-corrected chi connectivity index (χ2v) is 8.04. The van der Waals surface area contributed by atoms with Crippen LogP contribution in [0, 0.1) is 12.7 Å². The monoisotopic (exact) mass is 416 g/mol. The summed E-state index contributed by atoms with van der Waals surface area (Å²) < 4.78 is 26.4. The SMILES string of the molecule is Cc1ccn(CCN2CCC(N3C[C@@H](COc4ccc(F)cc4)OCC3=O)CC2)n1. The van der Waals surface area contributed by atoms with Crippen molar-refractivity contribution in [3.63, 3.8) is 0 Å². The van der Waals surface area contributed by atoms with Gasteiger partial charge < -0.3 is 19.3 Å². The summed E-state index contributed by atoms with van der Waals surface area (Å²) in [5.74, 6) is 0.363. The van der Waals surface area contributed by atoms with E-state index in [1.807, 2.05) is 28.8 Å². The first-order chi connectivity index (χ1) is 14.6. The lowest BCUT2D eigenvalue weighted by Gasteiger charge is -2.42. The number of morpholine rings is 1. The minimum Gasteiger partial charge on any atom is -0.491 e. The Labute approximate surface area is 176 Å². The van der Waals surface area contributed by atoms with Gasteiger partial charge in [-0.3, -0.25) is 9.48 Å². The van der Waals surface area contributed by atoms with Crippen LogP contribution < -0.4 is 4.74 Å². The van der Waals surface area contributed by atoms with Crippen LogP contribution in [-0.2, 0) is 16.1 Å². The van der Waals surface area contributed by atoms with Crippen molar-refractivity contribution >= 4 is 5.91 Å². The van der Waals surface area contributed by atoms with Gasteiger partial charge in [-0.05, 0) is 50.1 Å². The largest absolute Gasteiger partial charge is 0.491 e. The molecule has 2 saturated heterocycles. The Balaban J connectivity index is 1.23. The molecule has 7 nitrogen and oxygen atoms in total. The van der Waals surface area contributed by atoms with Crippen LogP contribution in [-0.4, -0.2) is 77.0 Å². The van der Waals surface area contributed by atoms with Crippen molar-refractivity contribution in [3.8, 4) is 5.75 Å². The first-order valence-electron chi connectivity index (χ1n) is 10.6. The number of carbonyl (C=O) groups excluding carboxylic acids is 1. The molecule has 8 heteroatoms. The van der Waals surface area contributed by atoms with Crippen molar-refractivity contribution in [2.24, 2.45) is 0 Å². The molecule has 0 spiro atoms. The molecular formula is C22H29FN4O3. The fraction of sp³-hybridized carbons (Fsp3) is 0.545. The summed E-state index contributed by atoms with van der Waals surface area (Å²) in [7, 11) is 0. The number of halogens is 1. The van der Waals surface area contributed by atoms with Crippen LogP contribution >= 0.6 is 0 Å². The number of hydrogen-bond acceptors (Lipinski definition) is 5. The van der Waals surface area contributed by atoms with Gasteiger partial charge in [0.1, 0.15) is 30.9 Å². The van der Waals surface area contributed by atoms with E-state index in [0.717, 1.165) is 44.7 Å². The predicted molar refractivity (Wildman–Crippen MR) is 110 cm³/mol. The molecule has 2 aliphatic heterocycles. The van der Waals surface area contributed by atoms with E-state index in [-0.39, 0.29) is 30.5 Å². The number of carbonyl (C=O) groups is 1. The van der Waals surface area contributed by atoms with Crippen LogP contribution in [0.15, 0.2) is 36.5 Å². The number of likely N-dealkylation sites (tertiary alicyclic amines) is 1. The van der Waals surface area contributed by atoms with E-state index in [1.54, 1.807) is 12.1 Å². The summed E-state index contributed by atoms with van der Waals surface area (Å²) in [6.45, 7) is 6.79. The Kier molecular flexibility index (Phi) is 6.64. The lowest BCUT2D eigenvalue weighted by Crippen LogP contribution is -2.55. The zero-order valence-electron chi connectivity index (χ0n) is 17.4. The molecule has 4 rings (SSSR count). The molecule has 30 heavy (non-hydrogen) atoms. The highest BCUT2D eigenvalue weighted by Gasteiger charge is 2.33. The average Bonchev–Trinajstić information content (AvgIpc) is 3.18. The van der Waals surface area contributed by atoms with Crippen molar-refractivity contribution in [2.75, 3.05) is 39.4 Å². The average molecular weight is 416 g/mol. The van der Waals surface area contributed by atoms with Crippen molar-refractivity contribution in [2.45, 2.75) is 38.5 Å². The molecule has 0 bridgehead atoms. The smallest absolute Gasteiger partial charge is 0.248 e. The Hall–Kier alpha value is -2.45. The number of benzene rings is 1. The van der Waals surface area contributed by atoms with Crippen LogP contribution in [0.25, 0.3) is 0 Å². The van der Waals surface area contributed by atoms with Crippen LogP contribution in [0.1, 0.15) is 18.5 Å². The molecule has 162 valence electrons. The molecule has 0 aliphatic carbocycles. The lowest BCUT2D eigenvalue weighted by molar-refractivity contribution is -0.155. The van der Waals surface area contributed by atoms with E-state index in [9.17, 15) is 9.18 Å². The second-order valence-electron chi connectivity index (χ2n) is 8.04. The van der Waals surface area contributed by atoms with Gasteiger partial charge in [0.25, 0.3) is 0 Å². The minimum absolute atomic E-state index is 0.0542. The van der Waals surface area contributed by atoms with Gasteiger partial charge in [-0.2, -0.15) is 5.10 Å². The molecule has 1 amide bonds. The van der Waals surface area contributed by atoms with Gasteiger partial charge in [-0.15, -0.1) is 0 Å². The summed E-state index contributed by atoms with van der Waals surface area (Å²) in [5, 5.41) is 4.44. The molecule has 2 aromatic rings. The molecule has 0 unspecified atom stereocenters. The highest BCUT2D eigenvalue weighted by Crippen LogP contribution is 2.21. The predicted octanol–water partition coefficient (Wildman–Crippen LogP) is 2.10. The molecule has 0 N–H and O–H groups in total. The normalized spacial score (nSPS) is 21.2. The standard InChI is InChI=1S/C22H29FN4O3/c1-17-6-11-26(24-17)13-12-25-9-7-19(8-10-25)27-14-21(30-16-22(27)28)15-29-20-4-2-18(23)3-5-20/h2-6,11,19,21H,7-10,12-16H2,1H3/t21-/m0/s1. The third-order valence-corrected chi connectivity index (χ3v) is 5.83. The molecule has 1 aromatic carbocycles. The molecule has 3 heterocycles. The molecule has 0 radical (unpaired) electrons. The summed E-state index contributed by atoms with van der Waals surface area (Å²) in [6.07, 6.45) is 3.78. The van der Waals surface area contributed by atoms with E-state index < -0.39 is 0 Å². The van der Waals surface area contributed by atoms with Gasteiger partial charge in [0.15, 0.2) is 0 Å². The fourth-order valence-electron chi connectivity index (χ4n) is 4.11. The van der Waals surface area contributed by atoms with Gasteiger partial charge in [-0.1, -0.05) is 0 Å². The summed E-state index contributed by atoms with van der Waals surface area (Å²) in [6, 6.07) is 8.20. The van der Waals surface area contributed by atoms with Crippen molar-refractivity contribution in [3.05, 3.63) is 48.0 Å². The van der Waals surface area contributed by atoms with E-state index in [4.69, 9.17) is 9.47 Å². The number of aromatic nitrogens is 2. The Morgan fingerprint density at radius 1 is 1.17 bits per heavy atom. The number of hydrogen-bond donors (Lipinski definition) is 0. The topological polar surface area (TPSA) is 59.8 Å². The quantitative estimate of drug-likeness (QED) is 0.692. The van der Waals surface area contributed by atoms with E-state index in [1.165, 1.54) is 12.1 Å². The third-order valence-electron chi connectivity index (χ3n) is 5.83. The molecule has 2 aliphatic rings. The first kappa shape index (κ1) is 20.8. The molecule has 0 saturated carbocycles. The number of ether oxygens (including phenoxy) is 2. The minimum atomic E-state index is -0.292. The van der Waals surface area contributed by atoms with E-state index in [0.29, 0.717) is 18.9 Å². The molecule has 1 atom stereocenters.